The Morgan fingerprint density at radius 2 is 2.04 bits per heavy atom. The molecular formula is C16H19FN2O4. The van der Waals surface area contributed by atoms with E-state index in [1.165, 1.54) is 24.0 Å². The van der Waals surface area contributed by atoms with Gasteiger partial charge in [0, 0.05) is 19.5 Å². The van der Waals surface area contributed by atoms with Crippen molar-refractivity contribution in [3.8, 4) is 0 Å². The Labute approximate surface area is 133 Å². The third-order valence-electron chi connectivity index (χ3n) is 3.55. The smallest absolute Gasteiger partial charge is 0.326 e. The predicted molar refractivity (Wildman–Crippen MR) is 79.6 cm³/mol. The van der Waals surface area contributed by atoms with E-state index in [0.717, 1.165) is 12.0 Å². The molecule has 0 bridgehead atoms. The summed E-state index contributed by atoms with van der Waals surface area (Å²) in [6.45, 7) is 2.09. The predicted octanol–water partition coefficient (Wildman–Crippen LogP) is 0.996. The summed E-state index contributed by atoms with van der Waals surface area (Å²) < 4.78 is 17.8. The molecule has 124 valence electrons. The molecule has 2 amide bonds. The molecule has 1 saturated heterocycles. The fraction of sp³-hybridized carbons (Fsp3) is 0.438. The molecule has 1 aromatic rings. The molecule has 1 N–H and O–H groups in total. The lowest BCUT2D eigenvalue weighted by Crippen LogP contribution is -2.38. The maximum absolute atomic E-state index is 12.8. The minimum atomic E-state index is -0.958. The molecule has 1 heterocycles. The SMILES string of the molecule is C[C@@H](OC(=O)CN1CCCC1=O)C(=O)NCc1ccc(F)cc1. The van der Waals surface area contributed by atoms with Crippen molar-refractivity contribution >= 4 is 17.8 Å². The first-order valence-electron chi connectivity index (χ1n) is 7.45. The van der Waals surface area contributed by atoms with Crippen molar-refractivity contribution < 1.29 is 23.5 Å². The second-order valence-corrected chi connectivity index (χ2v) is 5.40. The number of ether oxygens (including phenoxy) is 1. The van der Waals surface area contributed by atoms with Crippen LogP contribution in [0.3, 0.4) is 0 Å². The second kappa shape index (κ2) is 7.71. The van der Waals surface area contributed by atoms with Crippen LogP contribution >= 0.6 is 0 Å². The standard InChI is InChI=1S/C16H19FN2O4/c1-11(23-15(21)10-19-8-2-3-14(19)20)16(22)18-9-12-4-6-13(17)7-5-12/h4-7,11H,2-3,8-10H2,1H3,(H,18,22)/t11-/m1/s1. The van der Waals surface area contributed by atoms with Gasteiger partial charge in [0.25, 0.3) is 5.91 Å². The minimum absolute atomic E-state index is 0.0737. The molecular weight excluding hydrogens is 303 g/mol. The molecule has 1 aliphatic rings. The number of likely N-dealkylation sites (tertiary alicyclic amines) is 1. The highest BCUT2D eigenvalue weighted by Gasteiger charge is 2.25. The van der Waals surface area contributed by atoms with E-state index in [1.807, 2.05) is 0 Å². The fourth-order valence-corrected chi connectivity index (χ4v) is 2.25. The van der Waals surface area contributed by atoms with Gasteiger partial charge in [-0.05, 0) is 31.0 Å². The third kappa shape index (κ3) is 5.05. The monoisotopic (exact) mass is 322 g/mol. The number of amides is 2. The van der Waals surface area contributed by atoms with Gasteiger partial charge >= 0.3 is 5.97 Å². The normalized spacial score (nSPS) is 15.4. The van der Waals surface area contributed by atoms with Gasteiger partial charge in [0.2, 0.25) is 5.91 Å². The first-order valence-corrected chi connectivity index (χ1v) is 7.45. The van der Waals surface area contributed by atoms with Crippen LogP contribution in [-0.4, -0.2) is 41.9 Å². The largest absolute Gasteiger partial charge is 0.451 e. The van der Waals surface area contributed by atoms with Crippen molar-refractivity contribution in [2.75, 3.05) is 13.1 Å². The quantitative estimate of drug-likeness (QED) is 0.793. The Kier molecular flexibility index (Phi) is 5.67. The summed E-state index contributed by atoms with van der Waals surface area (Å²) in [7, 11) is 0. The minimum Gasteiger partial charge on any atom is -0.451 e. The van der Waals surface area contributed by atoms with E-state index in [9.17, 15) is 18.8 Å². The molecule has 1 fully saturated rings. The van der Waals surface area contributed by atoms with Gasteiger partial charge in [-0.3, -0.25) is 14.4 Å². The number of hydrogen-bond acceptors (Lipinski definition) is 4. The van der Waals surface area contributed by atoms with Crippen LogP contribution in [0.25, 0.3) is 0 Å². The van der Waals surface area contributed by atoms with Crippen molar-refractivity contribution in [3.63, 3.8) is 0 Å². The number of halogens is 1. The number of nitrogens with zero attached hydrogens (tertiary/aromatic N) is 1. The van der Waals surface area contributed by atoms with E-state index in [4.69, 9.17) is 4.74 Å². The van der Waals surface area contributed by atoms with Crippen LogP contribution in [-0.2, 0) is 25.7 Å². The molecule has 1 atom stereocenters. The van der Waals surface area contributed by atoms with Gasteiger partial charge in [-0.2, -0.15) is 0 Å². The second-order valence-electron chi connectivity index (χ2n) is 5.40. The number of hydrogen-bond donors (Lipinski definition) is 1. The summed E-state index contributed by atoms with van der Waals surface area (Å²) in [4.78, 5) is 36.5. The number of esters is 1. The fourth-order valence-electron chi connectivity index (χ4n) is 2.25. The lowest BCUT2D eigenvalue weighted by atomic mass is 10.2. The van der Waals surface area contributed by atoms with Crippen LogP contribution in [0.1, 0.15) is 25.3 Å². The summed E-state index contributed by atoms with van der Waals surface area (Å²) in [5.41, 5.74) is 0.737. The number of nitrogens with one attached hydrogen (secondary N) is 1. The van der Waals surface area contributed by atoms with E-state index in [2.05, 4.69) is 5.32 Å². The van der Waals surface area contributed by atoms with Crippen molar-refractivity contribution in [1.29, 1.82) is 0 Å². The number of rotatable bonds is 6. The zero-order valence-electron chi connectivity index (χ0n) is 12.9. The molecule has 2 rings (SSSR count). The van der Waals surface area contributed by atoms with Crippen LogP contribution in [0.15, 0.2) is 24.3 Å². The lowest BCUT2D eigenvalue weighted by Gasteiger charge is -2.17. The van der Waals surface area contributed by atoms with Crippen molar-refractivity contribution in [2.24, 2.45) is 0 Å². The molecule has 0 aliphatic carbocycles. The van der Waals surface area contributed by atoms with Gasteiger partial charge in [0.05, 0.1) is 0 Å². The topological polar surface area (TPSA) is 75.7 Å². The Hall–Kier alpha value is -2.44. The average Bonchev–Trinajstić information content (AvgIpc) is 2.91. The molecule has 7 heteroatoms. The highest BCUT2D eigenvalue weighted by Crippen LogP contribution is 2.09. The first kappa shape index (κ1) is 16.9. The summed E-state index contributed by atoms with van der Waals surface area (Å²) in [6.07, 6.45) is 0.224. The van der Waals surface area contributed by atoms with Crippen LogP contribution in [0.2, 0.25) is 0 Å². The molecule has 23 heavy (non-hydrogen) atoms. The van der Waals surface area contributed by atoms with Gasteiger partial charge in [-0.1, -0.05) is 12.1 Å². The highest BCUT2D eigenvalue weighted by molar-refractivity contribution is 5.86. The Balaban J connectivity index is 1.74. The van der Waals surface area contributed by atoms with Gasteiger partial charge in [0.1, 0.15) is 12.4 Å². The molecule has 1 aromatic carbocycles. The van der Waals surface area contributed by atoms with E-state index < -0.39 is 18.0 Å². The Morgan fingerprint density at radius 1 is 1.35 bits per heavy atom. The maximum atomic E-state index is 12.8. The van der Waals surface area contributed by atoms with Gasteiger partial charge in [-0.25, -0.2) is 4.39 Å². The zero-order valence-corrected chi connectivity index (χ0v) is 12.9. The van der Waals surface area contributed by atoms with Crippen LogP contribution in [0.4, 0.5) is 4.39 Å². The number of carbonyl (C=O) groups is 3. The Bertz CT molecular complexity index is 588. The highest BCUT2D eigenvalue weighted by atomic mass is 19.1. The van der Waals surface area contributed by atoms with Crippen molar-refractivity contribution in [3.05, 3.63) is 35.6 Å². The summed E-state index contributed by atoms with van der Waals surface area (Å²) in [5.74, 6) is -1.48. The van der Waals surface area contributed by atoms with Gasteiger partial charge in [0.15, 0.2) is 6.10 Å². The van der Waals surface area contributed by atoms with Crippen molar-refractivity contribution in [2.45, 2.75) is 32.4 Å². The van der Waals surface area contributed by atoms with Crippen LogP contribution in [0, 0.1) is 5.82 Å². The van der Waals surface area contributed by atoms with E-state index in [1.54, 1.807) is 12.1 Å². The average molecular weight is 322 g/mol. The van der Waals surface area contributed by atoms with Gasteiger partial charge < -0.3 is 15.0 Å². The molecule has 0 saturated carbocycles. The lowest BCUT2D eigenvalue weighted by molar-refractivity contribution is -0.157. The summed E-state index contributed by atoms with van der Waals surface area (Å²) >= 11 is 0. The maximum Gasteiger partial charge on any atom is 0.326 e. The van der Waals surface area contributed by atoms with Crippen LogP contribution < -0.4 is 5.32 Å². The molecule has 1 aliphatic heterocycles. The van der Waals surface area contributed by atoms with E-state index in [0.29, 0.717) is 13.0 Å². The molecule has 0 unspecified atom stereocenters. The Morgan fingerprint density at radius 3 is 2.65 bits per heavy atom. The summed E-state index contributed by atoms with van der Waals surface area (Å²) in [5, 5.41) is 2.61. The molecule has 0 aromatic heterocycles. The van der Waals surface area contributed by atoms with Gasteiger partial charge in [-0.15, -0.1) is 0 Å². The van der Waals surface area contributed by atoms with E-state index in [-0.39, 0.29) is 24.8 Å². The molecule has 0 spiro atoms. The number of benzene rings is 1. The first-order chi connectivity index (χ1) is 11.0. The third-order valence-corrected chi connectivity index (χ3v) is 3.55. The zero-order chi connectivity index (χ0) is 16.8. The summed E-state index contributed by atoms with van der Waals surface area (Å²) in [6, 6.07) is 5.73. The van der Waals surface area contributed by atoms with Crippen LogP contribution in [0.5, 0.6) is 0 Å². The van der Waals surface area contributed by atoms with Crippen molar-refractivity contribution in [1.82, 2.24) is 10.2 Å². The number of carbonyl (C=O) groups excluding carboxylic acids is 3. The van der Waals surface area contributed by atoms with E-state index >= 15 is 0 Å². The molecule has 0 radical (unpaired) electrons. The molecule has 6 nitrogen and oxygen atoms in total.